The number of sulfonamides is 1. The number of imidazole rings is 1. The number of nitrogens with zero attached hydrogens (tertiary/aromatic N) is 4. The summed E-state index contributed by atoms with van der Waals surface area (Å²) in [6, 6.07) is 8.35. The fourth-order valence-corrected chi connectivity index (χ4v) is 4.92. The molecule has 142 valence electrons. The first-order chi connectivity index (χ1) is 12.9. The molecule has 2 aromatic heterocycles. The molecule has 27 heavy (non-hydrogen) atoms. The summed E-state index contributed by atoms with van der Waals surface area (Å²) in [5.74, 6) is 0.627. The van der Waals surface area contributed by atoms with E-state index in [0.29, 0.717) is 29.7 Å². The minimum atomic E-state index is -3.66. The maximum atomic E-state index is 13.0. The van der Waals surface area contributed by atoms with Crippen LogP contribution >= 0.6 is 0 Å². The number of rotatable bonds is 4. The van der Waals surface area contributed by atoms with Gasteiger partial charge in [0.25, 0.3) is 0 Å². The predicted octanol–water partition coefficient (Wildman–Crippen LogP) is 1.11. The highest BCUT2D eigenvalue weighted by Gasteiger charge is 2.34. The van der Waals surface area contributed by atoms with Gasteiger partial charge >= 0.3 is 5.69 Å². The van der Waals surface area contributed by atoms with Crippen molar-refractivity contribution in [3.63, 3.8) is 0 Å². The Labute approximate surface area is 156 Å². The van der Waals surface area contributed by atoms with E-state index in [9.17, 15) is 13.2 Å². The molecule has 1 aliphatic heterocycles. The molecular formula is C18H20N4O4S. The van der Waals surface area contributed by atoms with Crippen LogP contribution in [0.5, 0.6) is 5.75 Å². The molecule has 0 amide bonds. The summed E-state index contributed by atoms with van der Waals surface area (Å²) < 4.78 is 36.3. The number of ether oxygens (including phenoxy) is 1. The van der Waals surface area contributed by atoms with E-state index in [4.69, 9.17) is 4.74 Å². The van der Waals surface area contributed by atoms with Gasteiger partial charge in [0.1, 0.15) is 11.9 Å². The highest BCUT2D eigenvalue weighted by Crippen LogP contribution is 2.26. The Morgan fingerprint density at radius 1 is 1.15 bits per heavy atom. The summed E-state index contributed by atoms with van der Waals surface area (Å²) in [4.78, 5) is 16.2. The van der Waals surface area contributed by atoms with Crippen molar-refractivity contribution in [3.8, 4) is 5.75 Å². The van der Waals surface area contributed by atoms with Gasteiger partial charge in [-0.25, -0.2) is 13.2 Å². The lowest BCUT2D eigenvalue weighted by Gasteiger charge is -2.17. The quantitative estimate of drug-likeness (QED) is 0.668. The molecule has 0 aliphatic carbocycles. The lowest BCUT2D eigenvalue weighted by atomic mass is 10.3. The maximum absolute atomic E-state index is 13.0. The zero-order valence-corrected chi connectivity index (χ0v) is 15.9. The van der Waals surface area contributed by atoms with Crippen LogP contribution in [-0.4, -0.2) is 46.0 Å². The van der Waals surface area contributed by atoms with Gasteiger partial charge in [0, 0.05) is 26.8 Å². The van der Waals surface area contributed by atoms with Crippen molar-refractivity contribution in [2.45, 2.75) is 17.4 Å². The van der Waals surface area contributed by atoms with Crippen LogP contribution in [0, 0.1) is 0 Å². The van der Waals surface area contributed by atoms with Gasteiger partial charge in [-0.15, -0.1) is 0 Å². The lowest BCUT2D eigenvalue weighted by Crippen LogP contribution is -2.31. The van der Waals surface area contributed by atoms with Gasteiger partial charge in [0.05, 0.1) is 28.7 Å². The molecule has 1 unspecified atom stereocenters. The van der Waals surface area contributed by atoms with E-state index >= 15 is 0 Å². The van der Waals surface area contributed by atoms with Crippen LogP contribution in [0.3, 0.4) is 0 Å². The van der Waals surface area contributed by atoms with Crippen LogP contribution in [-0.2, 0) is 24.1 Å². The van der Waals surface area contributed by atoms with E-state index in [2.05, 4.69) is 4.98 Å². The molecular weight excluding hydrogens is 368 g/mol. The standard InChI is InChI=1S/C18H20N4O4S/c1-20-16-6-5-15(10-17(16)21(2)18(20)23)27(24,25)22-9-7-14(12-22)26-13-4-3-8-19-11-13/h3-6,8,10-11,14H,7,9,12H2,1-2H3. The Kier molecular flexibility index (Phi) is 4.27. The smallest absolute Gasteiger partial charge is 0.328 e. The Bertz CT molecular complexity index is 1150. The zero-order valence-electron chi connectivity index (χ0n) is 15.1. The minimum absolute atomic E-state index is 0.179. The molecule has 1 atom stereocenters. The van der Waals surface area contributed by atoms with Crippen LogP contribution < -0.4 is 10.4 Å². The van der Waals surface area contributed by atoms with E-state index in [1.807, 2.05) is 0 Å². The fourth-order valence-electron chi connectivity index (χ4n) is 3.42. The van der Waals surface area contributed by atoms with Crippen molar-refractivity contribution >= 4 is 21.1 Å². The van der Waals surface area contributed by atoms with E-state index in [0.717, 1.165) is 0 Å². The average Bonchev–Trinajstić information content (AvgIpc) is 3.23. The number of aromatic nitrogens is 3. The number of benzene rings is 1. The molecule has 0 bridgehead atoms. The van der Waals surface area contributed by atoms with Crippen LogP contribution in [0.1, 0.15) is 6.42 Å². The molecule has 3 aromatic rings. The lowest BCUT2D eigenvalue weighted by molar-refractivity contribution is 0.214. The number of fused-ring (bicyclic) bond motifs is 1. The third-order valence-corrected chi connectivity index (χ3v) is 6.79. The molecule has 4 rings (SSSR count). The van der Waals surface area contributed by atoms with Gasteiger partial charge in [-0.05, 0) is 36.8 Å². The van der Waals surface area contributed by atoms with Crippen molar-refractivity contribution in [3.05, 3.63) is 53.2 Å². The Hall–Kier alpha value is -2.65. The summed E-state index contributed by atoms with van der Waals surface area (Å²) in [5, 5.41) is 0. The molecule has 3 heterocycles. The fraction of sp³-hybridized carbons (Fsp3) is 0.333. The summed E-state index contributed by atoms with van der Waals surface area (Å²) >= 11 is 0. The number of hydrogen-bond acceptors (Lipinski definition) is 5. The van der Waals surface area contributed by atoms with Gasteiger partial charge in [-0.1, -0.05) is 0 Å². The maximum Gasteiger partial charge on any atom is 0.328 e. The summed E-state index contributed by atoms with van der Waals surface area (Å²) in [7, 11) is -0.363. The molecule has 0 radical (unpaired) electrons. The SMILES string of the molecule is Cn1c(=O)n(C)c2cc(S(=O)(=O)N3CCC(Oc4cccnc4)C3)ccc21. The van der Waals surface area contributed by atoms with Crippen LogP contribution in [0.2, 0.25) is 0 Å². The van der Waals surface area contributed by atoms with Crippen molar-refractivity contribution < 1.29 is 13.2 Å². The minimum Gasteiger partial charge on any atom is -0.487 e. The van der Waals surface area contributed by atoms with E-state index in [-0.39, 0.29) is 23.2 Å². The van der Waals surface area contributed by atoms with E-state index < -0.39 is 10.0 Å². The number of pyridine rings is 1. The predicted molar refractivity (Wildman–Crippen MR) is 100 cm³/mol. The van der Waals surface area contributed by atoms with Gasteiger partial charge in [-0.3, -0.25) is 14.1 Å². The van der Waals surface area contributed by atoms with Crippen LogP contribution in [0.25, 0.3) is 11.0 Å². The van der Waals surface area contributed by atoms with Crippen molar-refractivity contribution in [1.29, 1.82) is 0 Å². The molecule has 8 nitrogen and oxygen atoms in total. The van der Waals surface area contributed by atoms with Gasteiger partial charge in [0.2, 0.25) is 10.0 Å². The highest BCUT2D eigenvalue weighted by molar-refractivity contribution is 7.89. The largest absolute Gasteiger partial charge is 0.487 e. The summed E-state index contributed by atoms with van der Waals surface area (Å²) in [5.41, 5.74) is 1.09. The van der Waals surface area contributed by atoms with Gasteiger partial charge < -0.3 is 4.74 Å². The Morgan fingerprint density at radius 3 is 2.67 bits per heavy atom. The molecule has 1 aromatic carbocycles. The van der Waals surface area contributed by atoms with Crippen LogP contribution in [0.4, 0.5) is 0 Å². The average molecular weight is 388 g/mol. The molecule has 0 N–H and O–H groups in total. The Morgan fingerprint density at radius 2 is 1.93 bits per heavy atom. The van der Waals surface area contributed by atoms with Crippen molar-refractivity contribution in [2.75, 3.05) is 13.1 Å². The van der Waals surface area contributed by atoms with E-state index in [1.54, 1.807) is 56.8 Å². The first-order valence-corrected chi connectivity index (χ1v) is 10.0. The molecule has 1 aliphatic rings. The molecule has 1 fully saturated rings. The molecule has 0 saturated carbocycles. The van der Waals surface area contributed by atoms with Crippen molar-refractivity contribution in [1.82, 2.24) is 18.4 Å². The topological polar surface area (TPSA) is 86.4 Å². The van der Waals surface area contributed by atoms with Gasteiger partial charge in [-0.2, -0.15) is 4.31 Å². The second-order valence-corrected chi connectivity index (χ2v) is 8.57. The summed E-state index contributed by atoms with van der Waals surface area (Å²) in [6.45, 7) is 0.669. The molecule has 1 saturated heterocycles. The normalized spacial score (nSPS) is 18.2. The van der Waals surface area contributed by atoms with Gasteiger partial charge in [0.15, 0.2) is 0 Å². The molecule has 0 spiro atoms. The third kappa shape index (κ3) is 3.02. The zero-order chi connectivity index (χ0) is 19.2. The molecule has 9 heteroatoms. The summed E-state index contributed by atoms with van der Waals surface area (Å²) in [6.07, 6.45) is 3.67. The van der Waals surface area contributed by atoms with Crippen molar-refractivity contribution in [2.24, 2.45) is 14.1 Å². The second kappa shape index (κ2) is 6.50. The number of hydrogen-bond donors (Lipinski definition) is 0. The number of aryl methyl sites for hydroxylation is 2. The van der Waals surface area contributed by atoms with E-state index in [1.165, 1.54) is 13.4 Å². The second-order valence-electron chi connectivity index (χ2n) is 6.63. The van der Waals surface area contributed by atoms with Crippen LogP contribution in [0.15, 0.2) is 52.4 Å². The highest BCUT2D eigenvalue weighted by atomic mass is 32.2. The Balaban J connectivity index is 1.59. The monoisotopic (exact) mass is 388 g/mol. The first-order valence-electron chi connectivity index (χ1n) is 8.60. The third-order valence-electron chi connectivity index (χ3n) is 4.93. The first kappa shape index (κ1) is 17.7.